The standard InChI is InChI=1S/C10H9NO2/c12-8-11-6-2-4-9-3-1-5-10(13)7-9/h1-5,7,13H,6H2/b4-2-. The number of phenolic OH excluding ortho intramolecular Hbond substituents is 1. The van der Waals surface area contributed by atoms with Gasteiger partial charge in [0.05, 0.1) is 6.54 Å². The van der Waals surface area contributed by atoms with Crippen molar-refractivity contribution in [2.24, 2.45) is 4.99 Å². The molecule has 1 aromatic carbocycles. The summed E-state index contributed by atoms with van der Waals surface area (Å²) in [5.74, 6) is 0.223. The molecule has 0 saturated heterocycles. The van der Waals surface area contributed by atoms with Crippen molar-refractivity contribution in [3.05, 3.63) is 35.9 Å². The first-order valence-corrected chi connectivity index (χ1v) is 3.82. The minimum Gasteiger partial charge on any atom is -0.508 e. The van der Waals surface area contributed by atoms with Gasteiger partial charge in [-0.15, -0.1) is 0 Å². The molecule has 0 unspecified atom stereocenters. The topological polar surface area (TPSA) is 49.7 Å². The van der Waals surface area contributed by atoms with Gasteiger partial charge in [-0.3, -0.25) is 0 Å². The molecule has 1 aromatic rings. The molecule has 0 atom stereocenters. The average Bonchev–Trinajstić information content (AvgIpc) is 2.13. The zero-order valence-corrected chi connectivity index (χ0v) is 6.97. The molecule has 0 bridgehead atoms. The van der Waals surface area contributed by atoms with Gasteiger partial charge >= 0.3 is 0 Å². The second-order valence-corrected chi connectivity index (χ2v) is 2.43. The minimum atomic E-state index is 0.223. The van der Waals surface area contributed by atoms with Crippen molar-refractivity contribution in [3.8, 4) is 5.75 Å². The predicted octanol–water partition coefficient (Wildman–Crippen LogP) is 1.74. The van der Waals surface area contributed by atoms with E-state index in [9.17, 15) is 4.79 Å². The highest BCUT2D eigenvalue weighted by molar-refractivity contribution is 5.51. The molecule has 13 heavy (non-hydrogen) atoms. The number of carbonyl (C=O) groups excluding carboxylic acids is 1. The van der Waals surface area contributed by atoms with Crippen molar-refractivity contribution in [1.82, 2.24) is 0 Å². The predicted molar refractivity (Wildman–Crippen MR) is 50.1 cm³/mol. The molecule has 0 aliphatic carbocycles. The van der Waals surface area contributed by atoms with Crippen LogP contribution in [0.2, 0.25) is 0 Å². The van der Waals surface area contributed by atoms with Crippen LogP contribution in [0.15, 0.2) is 35.3 Å². The van der Waals surface area contributed by atoms with Crippen LogP contribution in [0.5, 0.6) is 5.75 Å². The van der Waals surface area contributed by atoms with Gasteiger partial charge in [-0.25, -0.2) is 9.79 Å². The zero-order valence-electron chi connectivity index (χ0n) is 6.97. The van der Waals surface area contributed by atoms with Crippen LogP contribution in [-0.2, 0) is 4.79 Å². The molecule has 0 aliphatic rings. The minimum absolute atomic E-state index is 0.223. The Hall–Kier alpha value is -1.86. The third kappa shape index (κ3) is 3.36. The quantitative estimate of drug-likeness (QED) is 0.562. The lowest BCUT2D eigenvalue weighted by Crippen LogP contribution is -1.73. The molecule has 0 heterocycles. The summed E-state index contributed by atoms with van der Waals surface area (Å²) in [6.07, 6.45) is 4.94. The summed E-state index contributed by atoms with van der Waals surface area (Å²) < 4.78 is 0. The summed E-state index contributed by atoms with van der Waals surface area (Å²) in [4.78, 5) is 13.1. The first-order valence-electron chi connectivity index (χ1n) is 3.82. The number of benzene rings is 1. The van der Waals surface area contributed by atoms with E-state index in [0.29, 0.717) is 6.54 Å². The Morgan fingerprint density at radius 2 is 2.38 bits per heavy atom. The van der Waals surface area contributed by atoms with E-state index in [2.05, 4.69) is 4.99 Å². The first-order chi connectivity index (χ1) is 6.33. The monoisotopic (exact) mass is 175 g/mol. The third-order valence-electron chi connectivity index (χ3n) is 1.44. The van der Waals surface area contributed by atoms with Crippen LogP contribution >= 0.6 is 0 Å². The van der Waals surface area contributed by atoms with Gasteiger partial charge in [-0.2, -0.15) is 0 Å². The number of aromatic hydroxyl groups is 1. The number of hydrogen-bond acceptors (Lipinski definition) is 3. The van der Waals surface area contributed by atoms with Crippen molar-refractivity contribution >= 4 is 12.2 Å². The van der Waals surface area contributed by atoms with Crippen LogP contribution in [0.25, 0.3) is 6.08 Å². The van der Waals surface area contributed by atoms with Crippen LogP contribution in [0.4, 0.5) is 0 Å². The number of nitrogens with zero attached hydrogens (tertiary/aromatic N) is 1. The van der Waals surface area contributed by atoms with E-state index in [-0.39, 0.29) is 5.75 Å². The van der Waals surface area contributed by atoms with Crippen molar-refractivity contribution in [2.75, 3.05) is 6.54 Å². The fraction of sp³-hybridized carbons (Fsp3) is 0.100. The summed E-state index contributed by atoms with van der Waals surface area (Å²) >= 11 is 0. The molecule has 3 heteroatoms. The van der Waals surface area contributed by atoms with Crippen LogP contribution < -0.4 is 0 Å². The molecular formula is C10H9NO2. The summed E-state index contributed by atoms with van der Waals surface area (Å²) in [6, 6.07) is 6.82. The van der Waals surface area contributed by atoms with Gasteiger partial charge in [0.15, 0.2) is 0 Å². The number of aliphatic imine (C=N–C) groups is 1. The Balaban J connectivity index is 2.63. The molecule has 0 saturated carbocycles. The molecular weight excluding hydrogens is 166 g/mol. The van der Waals surface area contributed by atoms with Crippen molar-refractivity contribution in [3.63, 3.8) is 0 Å². The summed E-state index contributed by atoms with van der Waals surface area (Å²) in [5.41, 5.74) is 0.876. The van der Waals surface area contributed by atoms with E-state index in [1.807, 2.05) is 6.07 Å². The number of isocyanates is 1. The van der Waals surface area contributed by atoms with Gasteiger partial charge in [-0.1, -0.05) is 24.3 Å². The van der Waals surface area contributed by atoms with Crippen molar-refractivity contribution in [1.29, 1.82) is 0 Å². The Morgan fingerprint density at radius 3 is 3.08 bits per heavy atom. The zero-order chi connectivity index (χ0) is 9.52. The second-order valence-electron chi connectivity index (χ2n) is 2.43. The number of hydrogen-bond donors (Lipinski definition) is 1. The fourth-order valence-corrected chi connectivity index (χ4v) is 0.907. The molecule has 0 spiro atoms. The Bertz CT molecular complexity index is 352. The van der Waals surface area contributed by atoms with Gasteiger partial charge in [0.2, 0.25) is 6.08 Å². The van der Waals surface area contributed by atoms with E-state index >= 15 is 0 Å². The van der Waals surface area contributed by atoms with Gasteiger partial charge in [0, 0.05) is 0 Å². The van der Waals surface area contributed by atoms with E-state index < -0.39 is 0 Å². The van der Waals surface area contributed by atoms with Crippen molar-refractivity contribution in [2.45, 2.75) is 0 Å². The number of phenols is 1. The van der Waals surface area contributed by atoms with Crippen molar-refractivity contribution < 1.29 is 9.90 Å². The normalized spacial score (nSPS) is 9.85. The average molecular weight is 175 g/mol. The van der Waals surface area contributed by atoms with E-state index in [1.165, 1.54) is 6.08 Å². The molecule has 0 aliphatic heterocycles. The molecule has 3 nitrogen and oxygen atoms in total. The highest BCUT2D eigenvalue weighted by Crippen LogP contribution is 2.11. The molecule has 0 aromatic heterocycles. The summed E-state index contributed by atoms with van der Waals surface area (Å²) in [5, 5.41) is 9.10. The Kier molecular flexibility index (Phi) is 3.48. The largest absolute Gasteiger partial charge is 0.508 e. The maximum absolute atomic E-state index is 9.70. The molecule has 66 valence electrons. The highest BCUT2D eigenvalue weighted by Gasteiger charge is 1.87. The third-order valence-corrected chi connectivity index (χ3v) is 1.44. The van der Waals surface area contributed by atoms with Gasteiger partial charge in [-0.05, 0) is 17.7 Å². The van der Waals surface area contributed by atoms with Gasteiger partial charge < -0.3 is 5.11 Å². The summed E-state index contributed by atoms with van der Waals surface area (Å²) in [7, 11) is 0. The van der Waals surface area contributed by atoms with Gasteiger partial charge in [0.25, 0.3) is 0 Å². The van der Waals surface area contributed by atoms with E-state index in [0.717, 1.165) is 5.56 Å². The lowest BCUT2D eigenvalue weighted by atomic mass is 10.2. The highest BCUT2D eigenvalue weighted by atomic mass is 16.3. The fourth-order valence-electron chi connectivity index (χ4n) is 0.907. The summed E-state index contributed by atoms with van der Waals surface area (Å²) in [6.45, 7) is 0.319. The smallest absolute Gasteiger partial charge is 0.235 e. The molecule has 1 rings (SSSR count). The lowest BCUT2D eigenvalue weighted by Gasteiger charge is -1.93. The van der Waals surface area contributed by atoms with Crippen LogP contribution in [0, 0.1) is 0 Å². The molecule has 1 N–H and O–H groups in total. The van der Waals surface area contributed by atoms with Gasteiger partial charge in [0.1, 0.15) is 5.75 Å². The SMILES string of the molecule is O=C=NC/C=C\c1cccc(O)c1. The maximum atomic E-state index is 9.70. The first kappa shape index (κ1) is 9.23. The molecule has 0 fully saturated rings. The second kappa shape index (κ2) is 4.91. The van der Waals surface area contributed by atoms with Crippen LogP contribution in [0.1, 0.15) is 5.56 Å². The lowest BCUT2D eigenvalue weighted by molar-refractivity contribution is 0.475. The van der Waals surface area contributed by atoms with E-state index in [4.69, 9.17) is 5.11 Å². The Morgan fingerprint density at radius 1 is 1.54 bits per heavy atom. The van der Waals surface area contributed by atoms with Crippen LogP contribution in [-0.4, -0.2) is 17.7 Å². The van der Waals surface area contributed by atoms with E-state index in [1.54, 1.807) is 30.4 Å². The molecule has 0 amide bonds. The maximum Gasteiger partial charge on any atom is 0.235 e. The molecule has 0 radical (unpaired) electrons. The number of rotatable bonds is 3. The van der Waals surface area contributed by atoms with Crippen LogP contribution in [0.3, 0.4) is 0 Å². The Labute approximate surface area is 76.1 Å².